The molecule has 18 heavy (non-hydrogen) atoms. The molecule has 0 aliphatic heterocycles. The molecule has 0 aromatic heterocycles. The van der Waals surface area contributed by atoms with Crippen LogP contribution in [0.4, 0.5) is 4.39 Å². The Hall–Kier alpha value is -1.09. The van der Waals surface area contributed by atoms with E-state index in [0.717, 1.165) is 12.8 Å². The monoisotopic (exact) mass is 253 g/mol. The van der Waals surface area contributed by atoms with Crippen LogP contribution in [0.2, 0.25) is 0 Å². The van der Waals surface area contributed by atoms with E-state index in [1.165, 1.54) is 7.11 Å². The summed E-state index contributed by atoms with van der Waals surface area (Å²) < 4.78 is 18.9. The van der Waals surface area contributed by atoms with Gasteiger partial charge in [-0.3, -0.25) is 0 Å². The van der Waals surface area contributed by atoms with Crippen molar-refractivity contribution >= 4 is 0 Å². The zero-order valence-electron chi connectivity index (χ0n) is 11.8. The van der Waals surface area contributed by atoms with E-state index in [4.69, 9.17) is 4.74 Å². The van der Waals surface area contributed by atoms with Crippen LogP contribution in [0, 0.1) is 11.7 Å². The molecule has 2 nitrogen and oxygen atoms in total. The highest BCUT2D eigenvalue weighted by atomic mass is 19.1. The molecule has 0 spiro atoms. The summed E-state index contributed by atoms with van der Waals surface area (Å²) >= 11 is 0. The number of methoxy groups -OCH3 is 1. The molecule has 0 aliphatic carbocycles. The Kier molecular flexibility index (Phi) is 6.13. The third-order valence-corrected chi connectivity index (χ3v) is 3.63. The van der Waals surface area contributed by atoms with Crippen LogP contribution in [0.25, 0.3) is 0 Å². The van der Waals surface area contributed by atoms with Gasteiger partial charge in [-0.25, -0.2) is 4.39 Å². The second kappa shape index (κ2) is 7.37. The molecular formula is C15H24FNO. The summed E-state index contributed by atoms with van der Waals surface area (Å²) in [6.07, 6.45) is 2.29. The predicted molar refractivity (Wildman–Crippen MR) is 73.3 cm³/mol. The first-order valence-electron chi connectivity index (χ1n) is 6.68. The topological polar surface area (TPSA) is 21.3 Å². The maximum atomic E-state index is 13.9. The van der Waals surface area contributed by atoms with Crippen LogP contribution >= 0.6 is 0 Å². The van der Waals surface area contributed by atoms with Crippen molar-refractivity contribution in [1.29, 1.82) is 0 Å². The Morgan fingerprint density at radius 3 is 2.50 bits per heavy atom. The molecule has 1 aromatic rings. The summed E-state index contributed by atoms with van der Waals surface area (Å²) in [6.45, 7) is 7.09. The van der Waals surface area contributed by atoms with Crippen molar-refractivity contribution in [2.45, 2.75) is 46.2 Å². The molecular weight excluding hydrogens is 229 g/mol. The highest BCUT2D eigenvalue weighted by Gasteiger charge is 2.14. The number of hydrogen-bond acceptors (Lipinski definition) is 2. The van der Waals surface area contributed by atoms with Crippen LogP contribution in [-0.2, 0) is 6.54 Å². The fraction of sp³-hybridized carbons (Fsp3) is 0.600. The highest BCUT2D eigenvalue weighted by molar-refractivity contribution is 5.30. The molecule has 0 saturated carbocycles. The van der Waals surface area contributed by atoms with E-state index in [9.17, 15) is 4.39 Å². The molecule has 0 heterocycles. The smallest absolute Gasteiger partial charge is 0.169 e. The van der Waals surface area contributed by atoms with Gasteiger partial charge in [-0.15, -0.1) is 0 Å². The first-order valence-corrected chi connectivity index (χ1v) is 6.68. The lowest BCUT2D eigenvalue weighted by atomic mass is 9.95. The van der Waals surface area contributed by atoms with Gasteiger partial charge in [0, 0.05) is 18.2 Å². The zero-order valence-corrected chi connectivity index (χ0v) is 11.8. The van der Waals surface area contributed by atoms with Crippen LogP contribution in [0.3, 0.4) is 0 Å². The van der Waals surface area contributed by atoms with E-state index in [1.807, 2.05) is 6.07 Å². The van der Waals surface area contributed by atoms with Gasteiger partial charge in [-0.2, -0.15) is 0 Å². The second-order valence-corrected chi connectivity index (χ2v) is 4.68. The Morgan fingerprint density at radius 1 is 1.28 bits per heavy atom. The molecule has 1 rings (SSSR count). The van der Waals surface area contributed by atoms with Crippen molar-refractivity contribution in [2.24, 2.45) is 5.92 Å². The summed E-state index contributed by atoms with van der Waals surface area (Å²) in [6, 6.07) is 5.65. The molecule has 1 aromatic carbocycles. The van der Waals surface area contributed by atoms with Crippen LogP contribution in [0.15, 0.2) is 18.2 Å². The highest BCUT2D eigenvalue weighted by Crippen LogP contribution is 2.20. The van der Waals surface area contributed by atoms with Crippen LogP contribution in [0.5, 0.6) is 5.75 Å². The van der Waals surface area contributed by atoms with Crippen molar-refractivity contribution in [3.05, 3.63) is 29.6 Å². The van der Waals surface area contributed by atoms with E-state index >= 15 is 0 Å². The summed E-state index contributed by atoms with van der Waals surface area (Å²) in [5, 5.41) is 3.40. The average Bonchev–Trinajstić information content (AvgIpc) is 2.39. The van der Waals surface area contributed by atoms with E-state index in [-0.39, 0.29) is 5.82 Å². The van der Waals surface area contributed by atoms with Crippen molar-refractivity contribution in [2.75, 3.05) is 7.11 Å². The standard InChI is InChI=1S/C15H24FNO/c1-5-12(6-2)11(3)17-10-13-8-7-9-14(18-4)15(13)16/h7-9,11-12,17H,5-6,10H2,1-4H3. The van der Waals surface area contributed by atoms with Gasteiger partial charge in [0.15, 0.2) is 11.6 Å². The van der Waals surface area contributed by atoms with Crippen molar-refractivity contribution in [1.82, 2.24) is 5.32 Å². The van der Waals surface area contributed by atoms with Gasteiger partial charge >= 0.3 is 0 Å². The number of hydrogen-bond donors (Lipinski definition) is 1. The van der Waals surface area contributed by atoms with Gasteiger partial charge in [0.1, 0.15) is 0 Å². The molecule has 1 N–H and O–H groups in total. The second-order valence-electron chi connectivity index (χ2n) is 4.68. The summed E-state index contributed by atoms with van der Waals surface area (Å²) in [7, 11) is 1.49. The Bertz CT molecular complexity index is 364. The molecule has 1 atom stereocenters. The van der Waals surface area contributed by atoms with E-state index in [0.29, 0.717) is 29.8 Å². The summed E-state index contributed by atoms with van der Waals surface area (Å²) in [5.74, 6) is 0.687. The summed E-state index contributed by atoms with van der Waals surface area (Å²) in [4.78, 5) is 0. The fourth-order valence-electron chi connectivity index (χ4n) is 2.28. The minimum absolute atomic E-state index is 0.260. The SMILES string of the molecule is CCC(CC)C(C)NCc1cccc(OC)c1F. The van der Waals surface area contributed by atoms with Crippen LogP contribution in [-0.4, -0.2) is 13.2 Å². The molecule has 0 aliphatic rings. The van der Waals surface area contributed by atoms with Gasteiger partial charge < -0.3 is 10.1 Å². The Labute approximate surface area is 110 Å². The molecule has 102 valence electrons. The number of rotatable bonds is 7. The van der Waals surface area contributed by atoms with Crippen molar-refractivity contribution < 1.29 is 9.13 Å². The quantitative estimate of drug-likeness (QED) is 0.799. The first-order chi connectivity index (χ1) is 8.63. The van der Waals surface area contributed by atoms with E-state index in [2.05, 4.69) is 26.1 Å². The molecule has 0 radical (unpaired) electrons. The zero-order chi connectivity index (χ0) is 13.5. The molecule has 0 amide bonds. The molecule has 0 fully saturated rings. The summed E-state index contributed by atoms with van der Waals surface area (Å²) in [5.41, 5.74) is 0.659. The van der Waals surface area contributed by atoms with Gasteiger partial charge in [0.25, 0.3) is 0 Å². The third-order valence-electron chi connectivity index (χ3n) is 3.63. The van der Waals surface area contributed by atoms with Gasteiger partial charge in [0.2, 0.25) is 0 Å². The Morgan fingerprint density at radius 2 is 1.94 bits per heavy atom. The lowest BCUT2D eigenvalue weighted by Crippen LogP contribution is -2.32. The number of ether oxygens (including phenoxy) is 1. The van der Waals surface area contributed by atoms with E-state index < -0.39 is 0 Å². The van der Waals surface area contributed by atoms with Crippen LogP contribution in [0.1, 0.15) is 39.2 Å². The van der Waals surface area contributed by atoms with Gasteiger partial charge in [0.05, 0.1) is 7.11 Å². The van der Waals surface area contributed by atoms with Crippen LogP contribution < -0.4 is 10.1 Å². The Balaban J connectivity index is 2.63. The van der Waals surface area contributed by atoms with Gasteiger partial charge in [-0.1, -0.05) is 38.8 Å². The first kappa shape index (κ1) is 15.0. The third kappa shape index (κ3) is 3.70. The average molecular weight is 253 g/mol. The maximum Gasteiger partial charge on any atom is 0.169 e. The normalized spacial score (nSPS) is 12.8. The minimum Gasteiger partial charge on any atom is -0.494 e. The molecule has 0 bridgehead atoms. The van der Waals surface area contributed by atoms with Gasteiger partial charge in [-0.05, 0) is 18.9 Å². The fourth-order valence-corrected chi connectivity index (χ4v) is 2.28. The molecule has 0 saturated heterocycles. The minimum atomic E-state index is -0.260. The largest absolute Gasteiger partial charge is 0.494 e. The lowest BCUT2D eigenvalue weighted by molar-refractivity contribution is 0.348. The van der Waals surface area contributed by atoms with Crippen molar-refractivity contribution in [3.8, 4) is 5.75 Å². The number of halogens is 1. The lowest BCUT2D eigenvalue weighted by Gasteiger charge is -2.22. The maximum absolute atomic E-state index is 13.9. The van der Waals surface area contributed by atoms with E-state index in [1.54, 1.807) is 12.1 Å². The number of benzene rings is 1. The molecule has 1 unspecified atom stereocenters. The molecule has 3 heteroatoms. The number of nitrogens with one attached hydrogen (secondary N) is 1. The predicted octanol–water partition coefficient (Wildman–Crippen LogP) is 3.75. The van der Waals surface area contributed by atoms with Crippen molar-refractivity contribution in [3.63, 3.8) is 0 Å².